The second-order valence-electron chi connectivity index (χ2n) is 5.72. The second-order valence-corrected chi connectivity index (χ2v) is 6.81. The zero-order chi connectivity index (χ0) is 18.5. The molecule has 0 bridgehead atoms. The average molecular weight is 370 g/mol. The number of aryl methyl sites for hydroxylation is 1. The fourth-order valence-electron chi connectivity index (χ4n) is 2.46. The monoisotopic (exact) mass is 370 g/mol. The Morgan fingerprint density at radius 2 is 1.85 bits per heavy atom. The molecule has 2 amide bonds. The van der Waals surface area contributed by atoms with Gasteiger partial charge >= 0.3 is 0 Å². The predicted molar refractivity (Wildman–Crippen MR) is 100 cm³/mol. The molecule has 0 saturated carbocycles. The van der Waals surface area contributed by atoms with Gasteiger partial charge in [-0.3, -0.25) is 14.8 Å². The maximum absolute atomic E-state index is 12.2. The summed E-state index contributed by atoms with van der Waals surface area (Å²) in [7, 11) is 0. The van der Waals surface area contributed by atoms with E-state index in [0.717, 1.165) is 15.6 Å². The number of thiophene rings is 1. The minimum Gasteiger partial charge on any atom is -0.492 e. The minimum atomic E-state index is -0.581. The topological polar surface area (TPSA) is 87.7 Å². The molecule has 0 spiro atoms. The number of hydrogen-bond acceptors (Lipinski definition) is 5. The van der Waals surface area contributed by atoms with Crippen molar-refractivity contribution in [3.05, 3.63) is 64.5 Å². The predicted octanol–water partition coefficient (Wildman–Crippen LogP) is 3.14. The Labute approximate surface area is 154 Å². The molecule has 7 heteroatoms. The third-order valence-corrected chi connectivity index (χ3v) is 4.88. The van der Waals surface area contributed by atoms with E-state index in [1.165, 1.54) is 11.3 Å². The molecule has 3 aromatic rings. The average Bonchev–Trinajstić information content (AvgIpc) is 3.08. The van der Waals surface area contributed by atoms with Gasteiger partial charge in [0.25, 0.3) is 11.8 Å². The van der Waals surface area contributed by atoms with Crippen LogP contribution in [0.1, 0.15) is 25.6 Å². The van der Waals surface area contributed by atoms with Crippen LogP contribution >= 0.6 is 11.3 Å². The highest BCUT2D eigenvalue weighted by Gasteiger charge is 2.10. The summed E-state index contributed by atoms with van der Waals surface area (Å²) in [6.45, 7) is 2.70. The summed E-state index contributed by atoms with van der Waals surface area (Å²) in [4.78, 5) is 24.1. The summed E-state index contributed by atoms with van der Waals surface area (Å²) in [6.07, 6.45) is 0. The first-order chi connectivity index (χ1) is 12.6. The van der Waals surface area contributed by atoms with Crippen LogP contribution < -0.4 is 15.5 Å². The van der Waals surface area contributed by atoms with Gasteiger partial charge in [0.15, 0.2) is 0 Å². The zero-order valence-corrected chi connectivity index (χ0v) is 14.9. The van der Waals surface area contributed by atoms with Crippen molar-refractivity contribution in [2.45, 2.75) is 6.92 Å². The third kappa shape index (κ3) is 4.19. The lowest BCUT2D eigenvalue weighted by Gasteiger charge is -2.07. The van der Waals surface area contributed by atoms with Crippen LogP contribution in [-0.2, 0) is 0 Å². The van der Waals surface area contributed by atoms with Gasteiger partial charge in [0, 0.05) is 10.3 Å². The molecule has 0 saturated heterocycles. The highest BCUT2D eigenvalue weighted by Crippen LogP contribution is 2.26. The van der Waals surface area contributed by atoms with Crippen LogP contribution in [0.5, 0.6) is 5.75 Å². The van der Waals surface area contributed by atoms with Crippen LogP contribution in [-0.4, -0.2) is 30.2 Å². The standard InChI is InChI=1S/C19H18N2O4S/c1-12-2-7-16-14(10-12)11-17(26-16)19(23)20-8-9-25-15-5-3-13(4-6-15)18(22)21-24/h2-7,10-11,24H,8-9H2,1H3,(H,20,23)(H,21,22). The van der Waals surface area contributed by atoms with Crippen molar-refractivity contribution < 1.29 is 19.5 Å². The Morgan fingerprint density at radius 1 is 1.08 bits per heavy atom. The molecule has 0 aliphatic heterocycles. The minimum absolute atomic E-state index is 0.123. The summed E-state index contributed by atoms with van der Waals surface area (Å²) in [6, 6.07) is 14.3. The van der Waals surface area contributed by atoms with Gasteiger partial charge in [-0.2, -0.15) is 0 Å². The molecule has 6 nitrogen and oxygen atoms in total. The summed E-state index contributed by atoms with van der Waals surface area (Å²) < 4.78 is 6.62. The van der Waals surface area contributed by atoms with Crippen molar-refractivity contribution in [3.8, 4) is 5.75 Å². The van der Waals surface area contributed by atoms with Gasteiger partial charge in [-0.25, -0.2) is 5.48 Å². The summed E-state index contributed by atoms with van der Waals surface area (Å²) in [5.41, 5.74) is 3.06. The highest BCUT2D eigenvalue weighted by atomic mass is 32.1. The normalized spacial score (nSPS) is 10.5. The Bertz CT molecular complexity index is 934. The molecule has 3 N–H and O–H groups in total. The number of carbonyl (C=O) groups is 2. The summed E-state index contributed by atoms with van der Waals surface area (Å²) >= 11 is 1.46. The lowest BCUT2D eigenvalue weighted by molar-refractivity contribution is 0.0706. The highest BCUT2D eigenvalue weighted by molar-refractivity contribution is 7.20. The van der Waals surface area contributed by atoms with Gasteiger partial charge in [0.1, 0.15) is 12.4 Å². The van der Waals surface area contributed by atoms with E-state index in [9.17, 15) is 9.59 Å². The number of benzene rings is 2. The molecule has 0 atom stereocenters. The maximum atomic E-state index is 12.2. The number of ether oxygens (including phenoxy) is 1. The van der Waals surface area contributed by atoms with Gasteiger partial charge in [0.2, 0.25) is 0 Å². The fraction of sp³-hybridized carbons (Fsp3) is 0.158. The van der Waals surface area contributed by atoms with Crippen molar-refractivity contribution in [1.82, 2.24) is 10.8 Å². The quantitative estimate of drug-likeness (QED) is 0.353. The Hall–Kier alpha value is -2.90. The number of carbonyl (C=O) groups excluding carboxylic acids is 2. The van der Waals surface area contributed by atoms with Crippen LogP contribution in [0.3, 0.4) is 0 Å². The van der Waals surface area contributed by atoms with Crippen molar-refractivity contribution >= 4 is 33.2 Å². The Morgan fingerprint density at radius 3 is 2.58 bits per heavy atom. The molecule has 1 heterocycles. The molecule has 0 fully saturated rings. The van der Waals surface area contributed by atoms with E-state index in [2.05, 4.69) is 11.4 Å². The number of fused-ring (bicyclic) bond motifs is 1. The fourth-order valence-corrected chi connectivity index (χ4v) is 3.42. The smallest absolute Gasteiger partial charge is 0.274 e. The largest absolute Gasteiger partial charge is 0.492 e. The van der Waals surface area contributed by atoms with Gasteiger partial charge in [-0.15, -0.1) is 11.3 Å². The molecule has 0 aliphatic rings. The molecule has 26 heavy (non-hydrogen) atoms. The molecule has 3 rings (SSSR count). The Balaban J connectivity index is 1.49. The molecule has 0 aliphatic carbocycles. The SMILES string of the molecule is Cc1ccc2sc(C(=O)NCCOc3ccc(C(=O)NO)cc3)cc2c1. The van der Waals surface area contributed by atoms with Crippen molar-refractivity contribution in [2.75, 3.05) is 13.2 Å². The van der Waals surface area contributed by atoms with Crippen LogP contribution in [0.15, 0.2) is 48.5 Å². The van der Waals surface area contributed by atoms with Crippen molar-refractivity contribution in [3.63, 3.8) is 0 Å². The first-order valence-corrected chi connectivity index (χ1v) is 8.84. The molecule has 134 valence electrons. The first kappa shape index (κ1) is 17.9. The number of nitrogens with one attached hydrogen (secondary N) is 2. The molecule has 0 unspecified atom stereocenters. The maximum Gasteiger partial charge on any atom is 0.274 e. The number of hydroxylamine groups is 1. The van der Waals surface area contributed by atoms with Gasteiger partial charge in [-0.05, 0) is 48.7 Å². The van der Waals surface area contributed by atoms with Crippen LogP contribution in [0, 0.1) is 6.92 Å². The molecule has 1 aromatic heterocycles. The third-order valence-electron chi connectivity index (χ3n) is 3.77. The van der Waals surface area contributed by atoms with E-state index in [-0.39, 0.29) is 5.91 Å². The Kier molecular flexibility index (Phi) is 5.50. The van der Waals surface area contributed by atoms with E-state index in [1.54, 1.807) is 29.7 Å². The van der Waals surface area contributed by atoms with E-state index in [0.29, 0.717) is 29.3 Å². The van der Waals surface area contributed by atoms with Gasteiger partial charge in [-0.1, -0.05) is 17.7 Å². The van der Waals surface area contributed by atoms with E-state index in [4.69, 9.17) is 9.94 Å². The second kappa shape index (κ2) is 7.99. The summed E-state index contributed by atoms with van der Waals surface area (Å²) in [5.74, 6) is -0.129. The first-order valence-electron chi connectivity index (χ1n) is 8.02. The number of amides is 2. The lowest BCUT2D eigenvalue weighted by atomic mass is 10.2. The van der Waals surface area contributed by atoms with Crippen LogP contribution in [0.25, 0.3) is 10.1 Å². The molecule has 2 aromatic carbocycles. The van der Waals surface area contributed by atoms with Crippen LogP contribution in [0.4, 0.5) is 0 Å². The molecular weight excluding hydrogens is 352 g/mol. The van der Waals surface area contributed by atoms with Crippen molar-refractivity contribution in [1.29, 1.82) is 0 Å². The number of rotatable bonds is 6. The van der Waals surface area contributed by atoms with E-state index >= 15 is 0 Å². The van der Waals surface area contributed by atoms with Gasteiger partial charge < -0.3 is 10.1 Å². The molecule has 0 radical (unpaired) electrons. The van der Waals surface area contributed by atoms with E-state index < -0.39 is 5.91 Å². The zero-order valence-electron chi connectivity index (χ0n) is 14.1. The van der Waals surface area contributed by atoms with Crippen molar-refractivity contribution in [2.24, 2.45) is 0 Å². The van der Waals surface area contributed by atoms with Gasteiger partial charge in [0.05, 0.1) is 11.4 Å². The summed E-state index contributed by atoms with van der Waals surface area (Å²) in [5, 5.41) is 12.5. The number of hydrogen-bond donors (Lipinski definition) is 3. The lowest BCUT2D eigenvalue weighted by Crippen LogP contribution is -2.27. The van der Waals surface area contributed by atoms with Crippen LogP contribution in [0.2, 0.25) is 0 Å². The van der Waals surface area contributed by atoms with E-state index in [1.807, 2.05) is 25.1 Å². The molecular formula is C19H18N2O4S.